The highest BCUT2D eigenvalue weighted by Gasteiger charge is 2.17. The minimum Gasteiger partial charge on any atom is -0.492 e. The van der Waals surface area contributed by atoms with E-state index in [1.165, 1.54) is 11.6 Å². The molecule has 4 rings (SSSR count). The average Bonchev–Trinajstić information content (AvgIpc) is 3.13. The van der Waals surface area contributed by atoms with Gasteiger partial charge >= 0.3 is 5.69 Å². The number of para-hydroxylation sites is 1. The molecule has 0 aliphatic rings. The van der Waals surface area contributed by atoms with Crippen LogP contribution in [0.3, 0.4) is 0 Å². The van der Waals surface area contributed by atoms with Gasteiger partial charge in [-0.2, -0.15) is 10.1 Å². The lowest BCUT2D eigenvalue weighted by atomic mass is 10.2. The first kappa shape index (κ1) is 20.4. The van der Waals surface area contributed by atoms with Crippen LogP contribution in [0.5, 0.6) is 5.75 Å². The van der Waals surface area contributed by atoms with Gasteiger partial charge in [0.2, 0.25) is 5.95 Å². The van der Waals surface area contributed by atoms with Crippen LogP contribution in [0, 0.1) is 0 Å². The Morgan fingerprint density at radius 2 is 1.90 bits per heavy atom. The van der Waals surface area contributed by atoms with E-state index in [-0.39, 0.29) is 17.8 Å². The maximum Gasteiger partial charge on any atom is 0.329 e. The Labute approximate surface area is 181 Å². The van der Waals surface area contributed by atoms with Gasteiger partial charge < -0.3 is 4.74 Å². The molecule has 0 atom stereocenters. The minimum absolute atomic E-state index is 0.240. The van der Waals surface area contributed by atoms with Gasteiger partial charge in [0.25, 0.3) is 5.56 Å². The number of benzene rings is 2. The van der Waals surface area contributed by atoms with E-state index in [9.17, 15) is 9.59 Å². The van der Waals surface area contributed by atoms with E-state index in [4.69, 9.17) is 16.3 Å². The molecule has 0 unspecified atom stereocenters. The van der Waals surface area contributed by atoms with Crippen molar-refractivity contribution in [2.45, 2.75) is 6.54 Å². The molecule has 0 fully saturated rings. The highest BCUT2D eigenvalue weighted by molar-refractivity contribution is 6.33. The van der Waals surface area contributed by atoms with Crippen molar-refractivity contribution >= 4 is 34.9 Å². The minimum atomic E-state index is -0.547. The summed E-state index contributed by atoms with van der Waals surface area (Å²) in [6.45, 7) is 0.581. The molecule has 0 saturated heterocycles. The first-order valence-corrected chi connectivity index (χ1v) is 9.83. The summed E-state index contributed by atoms with van der Waals surface area (Å²) in [6, 6.07) is 16.6. The number of nitrogens with zero attached hydrogens (tertiary/aromatic N) is 4. The number of aromatic amines is 1. The predicted molar refractivity (Wildman–Crippen MR) is 120 cm³/mol. The molecule has 9 nitrogen and oxygen atoms in total. The lowest BCUT2D eigenvalue weighted by molar-refractivity contribution is 0.301. The number of halogens is 1. The number of anilines is 1. The molecule has 0 bridgehead atoms. The Balaban J connectivity index is 1.66. The standard InChI is InChI=1S/C21H19ClN6O3/c1-27-18-17(19(29)25-21(27)30)28(11-12-31-15-8-3-2-4-9-15)20(24-18)26-23-13-14-7-5-6-10-16(14)22/h2-10,13H,11-12H2,1H3,(H,24,26)(H,25,29,30)/b23-13+. The first-order chi connectivity index (χ1) is 15.0. The van der Waals surface area contributed by atoms with Gasteiger partial charge in [-0.15, -0.1) is 0 Å². The van der Waals surface area contributed by atoms with Crippen LogP contribution in [0.15, 0.2) is 69.3 Å². The van der Waals surface area contributed by atoms with Crippen molar-refractivity contribution in [3.63, 3.8) is 0 Å². The van der Waals surface area contributed by atoms with Gasteiger partial charge in [-0.05, 0) is 18.2 Å². The zero-order chi connectivity index (χ0) is 21.8. The zero-order valence-corrected chi connectivity index (χ0v) is 17.3. The highest BCUT2D eigenvalue weighted by atomic mass is 35.5. The second-order valence-electron chi connectivity index (χ2n) is 6.63. The van der Waals surface area contributed by atoms with Crippen LogP contribution in [-0.4, -0.2) is 31.9 Å². The van der Waals surface area contributed by atoms with Crippen LogP contribution in [0.1, 0.15) is 5.56 Å². The number of aryl methyl sites for hydroxylation is 1. The molecule has 4 aromatic rings. The topological polar surface area (TPSA) is 106 Å². The van der Waals surface area contributed by atoms with Crippen LogP contribution in [0.25, 0.3) is 11.2 Å². The molecule has 0 spiro atoms. The van der Waals surface area contributed by atoms with E-state index in [0.29, 0.717) is 23.3 Å². The van der Waals surface area contributed by atoms with Crippen molar-refractivity contribution in [2.24, 2.45) is 12.1 Å². The maximum absolute atomic E-state index is 12.5. The van der Waals surface area contributed by atoms with Gasteiger partial charge in [0.15, 0.2) is 11.2 Å². The number of H-pyrrole nitrogens is 1. The molecule has 0 aliphatic heterocycles. The fourth-order valence-electron chi connectivity index (χ4n) is 3.05. The Hall–Kier alpha value is -3.85. The van der Waals surface area contributed by atoms with E-state index in [1.807, 2.05) is 48.5 Å². The fraction of sp³-hybridized carbons (Fsp3) is 0.143. The SMILES string of the molecule is Cn1c(=O)[nH]c(=O)c2c1nc(N/N=C/c1ccccc1Cl)n2CCOc1ccccc1. The number of ether oxygens (including phenoxy) is 1. The van der Waals surface area contributed by atoms with Crippen LogP contribution in [-0.2, 0) is 13.6 Å². The number of fused-ring (bicyclic) bond motifs is 1. The van der Waals surface area contributed by atoms with Gasteiger partial charge in [0.05, 0.1) is 12.8 Å². The van der Waals surface area contributed by atoms with Crippen molar-refractivity contribution < 1.29 is 4.74 Å². The summed E-state index contributed by atoms with van der Waals surface area (Å²) < 4.78 is 8.65. The molecule has 2 heterocycles. The highest BCUT2D eigenvalue weighted by Crippen LogP contribution is 2.17. The van der Waals surface area contributed by atoms with E-state index < -0.39 is 11.2 Å². The summed E-state index contributed by atoms with van der Waals surface area (Å²) in [5.41, 5.74) is 2.96. The summed E-state index contributed by atoms with van der Waals surface area (Å²) in [7, 11) is 1.54. The van der Waals surface area contributed by atoms with Crippen molar-refractivity contribution in [1.82, 2.24) is 19.1 Å². The van der Waals surface area contributed by atoms with Crippen molar-refractivity contribution in [1.29, 1.82) is 0 Å². The third-order valence-electron chi connectivity index (χ3n) is 4.61. The third kappa shape index (κ3) is 4.36. The Kier molecular flexibility index (Phi) is 5.85. The quantitative estimate of drug-likeness (QED) is 0.341. The Morgan fingerprint density at radius 3 is 2.68 bits per heavy atom. The van der Waals surface area contributed by atoms with E-state index >= 15 is 0 Å². The number of nitrogens with one attached hydrogen (secondary N) is 2. The van der Waals surface area contributed by atoms with E-state index in [0.717, 1.165) is 5.56 Å². The van der Waals surface area contributed by atoms with Crippen molar-refractivity contribution in [3.05, 3.63) is 86.0 Å². The van der Waals surface area contributed by atoms with Crippen molar-refractivity contribution in [3.8, 4) is 5.75 Å². The molecular formula is C21H19ClN6O3. The smallest absolute Gasteiger partial charge is 0.329 e. The summed E-state index contributed by atoms with van der Waals surface area (Å²) in [5, 5.41) is 4.75. The third-order valence-corrected chi connectivity index (χ3v) is 4.95. The average molecular weight is 439 g/mol. The van der Waals surface area contributed by atoms with Gasteiger partial charge in [0, 0.05) is 17.6 Å². The number of hydrogen-bond donors (Lipinski definition) is 2. The monoisotopic (exact) mass is 438 g/mol. The molecule has 10 heteroatoms. The van der Waals surface area contributed by atoms with Gasteiger partial charge in [-0.3, -0.25) is 18.9 Å². The van der Waals surface area contributed by atoms with E-state index in [2.05, 4.69) is 20.5 Å². The predicted octanol–water partition coefficient (Wildman–Crippen LogP) is 2.60. The number of aromatic nitrogens is 4. The summed E-state index contributed by atoms with van der Waals surface area (Å²) in [6.07, 6.45) is 1.55. The first-order valence-electron chi connectivity index (χ1n) is 9.45. The number of rotatable bonds is 7. The molecule has 31 heavy (non-hydrogen) atoms. The molecule has 2 aromatic heterocycles. The molecule has 2 aromatic carbocycles. The normalized spacial score (nSPS) is 11.3. The second-order valence-corrected chi connectivity index (χ2v) is 7.04. The lowest BCUT2D eigenvalue weighted by Gasteiger charge is -2.10. The van der Waals surface area contributed by atoms with Gasteiger partial charge in [-0.25, -0.2) is 10.2 Å². The molecule has 0 saturated carbocycles. The number of hydrogen-bond acceptors (Lipinski definition) is 6. The second kappa shape index (κ2) is 8.88. The summed E-state index contributed by atoms with van der Waals surface area (Å²) >= 11 is 6.15. The van der Waals surface area contributed by atoms with Crippen molar-refractivity contribution in [2.75, 3.05) is 12.0 Å². The lowest BCUT2D eigenvalue weighted by Crippen LogP contribution is -2.29. The summed E-state index contributed by atoms with van der Waals surface area (Å²) in [4.78, 5) is 31.2. The fourth-order valence-corrected chi connectivity index (χ4v) is 3.23. The maximum atomic E-state index is 12.5. The van der Waals surface area contributed by atoms with Crippen LogP contribution < -0.4 is 21.4 Å². The number of hydrazone groups is 1. The van der Waals surface area contributed by atoms with E-state index in [1.54, 1.807) is 16.8 Å². The molecule has 0 aliphatic carbocycles. The van der Waals surface area contributed by atoms with Crippen LogP contribution in [0.4, 0.5) is 5.95 Å². The Morgan fingerprint density at radius 1 is 1.16 bits per heavy atom. The molecule has 0 amide bonds. The molecule has 2 N–H and O–H groups in total. The number of imidazole rings is 1. The van der Waals surface area contributed by atoms with Crippen LogP contribution >= 0.6 is 11.6 Å². The summed E-state index contributed by atoms with van der Waals surface area (Å²) in [5.74, 6) is 1.00. The largest absolute Gasteiger partial charge is 0.492 e. The van der Waals surface area contributed by atoms with Gasteiger partial charge in [0.1, 0.15) is 12.4 Å². The molecule has 158 valence electrons. The molecule has 0 radical (unpaired) electrons. The van der Waals surface area contributed by atoms with Gasteiger partial charge in [-0.1, -0.05) is 48.0 Å². The van der Waals surface area contributed by atoms with Crippen LogP contribution in [0.2, 0.25) is 5.02 Å². The molecular weight excluding hydrogens is 420 g/mol. The Bertz CT molecular complexity index is 1360. The zero-order valence-electron chi connectivity index (χ0n) is 16.6.